The number of benzene rings is 2. The van der Waals surface area contributed by atoms with Crippen molar-refractivity contribution < 1.29 is 19.2 Å². The molecule has 0 radical (unpaired) electrons. The van der Waals surface area contributed by atoms with Gasteiger partial charge >= 0.3 is 0 Å². The maximum Gasteiger partial charge on any atom is 0.264 e. The van der Waals surface area contributed by atoms with Crippen molar-refractivity contribution >= 4 is 32.6 Å². The number of carbonyl (C=O) groups excluding carboxylic acids is 1. The van der Waals surface area contributed by atoms with Gasteiger partial charge in [0.25, 0.3) is 5.91 Å². The Morgan fingerprint density at radius 3 is 2.52 bits per heavy atom. The number of hydrogen-bond acceptors (Lipinski definition) is 5. The van der Waals surface area contributed by atoms with Crippen LogP contribution in [0.2, 0.25) is 0 Å². The summed E-state index contributed by atoms with van der Waals surface area (Å²) in [5.41, 5.74) is 3.80. The molecule has 0 saturated heterocycles. The van der Waals surface area contributed by atoms with Crippen LogP contribution in [0.25, 0.3) is 10.2 Å². The third kappa shape index (κ3) is 4.36. The first-order chi connectivity index (χ1) is 13.8. The average Bonchev–Trinajstić information content (AvgIpc) is 3.09. The summed E-state index contributed by atoms with van der Waals surface area (Å²) >= 11 is 1.54. The molecule has 3 aromatic rings. The van der Waals surface area contributed by atoms with Crippen molar-refractivity contribution in [2.75, 3.05) is 46.3 Å². The maximum absolute atomic E-state index is 13.6. The Morgan fingerprint density at radius 2 is 1.86 bits per heavy atom. The zero-order valence-electron chi connectivity index (χ0n) is 17.8. The Bertz CT molecular complexity index is 991. The number of likely N-dealkylation sites (N-methyl/N-ethyl adjacent to an activating group) is 1. The van der Waals surface area contributed by atoms with Gasteiger partial charge in [-0.05, 0) is 49.2 Å². The van der Waals surface area contributed by atoms with Crippen LogP contribution in [-0.4, -0.2) is 52.3 Å². The molecule has 1 aromatic heterocycles. The number of thiazole rings is 1. The maximum atomic E-state index is 13.6. The fraction of sp³-hybridized carbons (Fsp3) is 0.364. The average molecular weight is 415 g/mol. The van der Waals surface area contributed by atoms with E-state index in [-0.39, 0.29) is 5.91 Å². The number of aryl methyl sites for hydroxylation is 2. The summed E-state index contributed by atoms with van der Waals surface area (Å²) in [7, 11) is 7.25. The molecule has 1 amide bonds. The molecule has 0 unspecified atom stereocenters. The normalized spacial score (nSPS) is 11.1. The SMILES string of the molecule is COc1cccc(C(=O)N(CC[NH+](C)C)c2nc3cc(C)c(C)cc3s2)c1OC. The smallest absolute Gasteiger partial charge is 0.264 e. The molecule has 1 heterocycles. The number of para-hydroxylation sites is 1. The van der Waals surface area contributed by atoms with Gasteiger partial charge in [0.1, 0.15) is 0 Å². The standard InChI is InChI=1S/C22H27N3O3S/c1-14-12-17-19(13-15(14)2)29-22(23-17)25(11-10-24(3)4)21(26)16-8-7-9-18(27-5)20(16)28-6/h7-9,12-13H,10-11H2,1-6H3/p+1. The molecule has 29 heavy (non-hydrogen) atoms. The minimum atomic E-state index is -0.144. The second-order valence-corrected chi connectivity index (χ2v) is 8.36. The monoisotopic (exact) mass is 414 g/mol. The van der Waals surface area contributed by atoms with Gasteiger partial charge in [0, 0.05) is 0 Å². The largest absolute Gasteiger partial charge is 0.493 e. The van der Waals surface area contributed by atoms with Crippen LogP contribution in [0.15, 0.2) is 30.3 Å². The van der Waals surface area contributed by atoms with Crippen LogP contribution in [0.5, 0.6) is 11.5 Å². The van der Waals surface area contributed by atoms with Gasteiger partial charge in [-0.15, -0.1) is 0 Å². The lowest BCUT2D eigenvalue weighted by Crippen LogP contribution is -3.06. The van der Waals surface area contributed by atoms with Crippen LogP contribution >= 0.6 is 11.3 Å². The number of nitrogens with one attached hydrogen (secondary N) is 1. The van der Waals surface area contributed by atoms with E-state index in [0.29, 0.717) is 28.7 Å². The number of anilines is 1. The molecule has 6 nitrogen and oxygen atoms in total. The lowest BCUT2D eigenvalue weighted by molar-refractivity contribution is -0.856. The third-order valence-corrected chi connectivity index (χ3v) is 5.98. The zero-order valence-corrected chi connectivity index (χ0v) is 18.6. The van der Waals surface area contributed by atoms with Crippen LogP contribution in [0.4, 0.5) is 5.13 Å². The topological polar surface area (TPSA) is 56.1 Å². The first kappa shape index (κ1) is 21.1. The summed E-state index contributed by atoms with van der Waals surface area (Å²) in [4.78, 5) is 21.4. The number of methoxy groups -OCH3 is 2. The molecular weight excluding hydrogens is 386 g/mol. The quantitative estimate of drug-likeness (QED) is 0.646. The van der Waals surface area contributed by atoms with Crippen LogP contribution < -0.4 is 19.3 Å². The summed E-state index contributed by atoms with van der Waals surface area (Å²) in [5, 5.41) is 0.695. The van der Waals surface area contributed by atoms with Crippen LogP contribution in [0, 0.1) is 13.8 Å². The minimum Gasteiger partial charge on any atom is -0.493 e. The van der Waals surface area contributed by atoms with Gasteiger partial charge < -0.3 is 14.4 Å². The van der Waals surface area contributed by atoms with Crippen molar-refractivity contribution in [1.82, 2.24) is 4.98 Å². The van der Waals surface area contributed by atoms with Crippen molar-refractivity contribution in [3.63, 3.8) is 0 Å². The van der Waals surface area contributed by atoms with Gasteiger partial charge in [0.2, 0.25) is 0 Å². The van der Waals surface area contributed by atoms with Gasteiger partial charge in [0.15, 0.2) is 16.6 Å². The van der Waals surface area contributed by atoms with Crippen molar-refractivity contribution in [3.05, 3.63) is 47.0 Å². The van der Waals surface area contributed by atoms with Crippen LogP contribution in [0.3, 0.4) is 0 Å². The molecule has 0 fully saturated rings. The van der Waals surface area contributed by atoms with E-state index in [1.54, 1.807) is 37.3 Å². The fourth-order valence-electron chi connectivity index (χ4n) is 3.10. The number of hydrogen-bond donors (Lipinski definition) is 1. The minimum absolute atomic E-state index is 0.144. The molecule has 0 aliphatic heterocycles. The molecular formula is C22H28N3O3S+. The Balaban J connectivity index is 2.07. The molecule has 7 heteroatoms. The summed E-state index contributed by atoms with van der Waals surface area (Å²) in [6, 6.07) is 9.57. The molecule has 0 saturated carbocycles. The fourth-order valence-corrected chi connectivity index (χ4v) is 4.17. The molecule has 0 spiro atoms. The number of fused-ring (bicyclic) bond motifs is 1. The van der Waals surface area contributed by atoms with Crippen molar-refractivity contribution in [1.29, 1.82) is 0 Å². The molecule has 0 aliphatic carbocycles. The van der Waals surface area contributed by atoms with Gasteiger partial charge in [-0.25, -0.2) is 4.98 Å². The highest BCUT2D eigenvalue weighted by Gasteiger charge is 2.26. The van der Waals surface area contributed by atoms with Crippen LogP contribution in [0.1, 0.15) is 21.5 Å². The van der Waals surface area contributed by atoms with E-state index in [1.165, 1.54) is 27.4 Å². The van der Waals surface area contributed by atoms with E-state index < -0.39 is 0 Å². The highest BCUT2D eigenvalue weighted by Crippen LogP contribution is 2.35. The van der Waals surface area contributed by atoms with Gasteiger partial charge in [-0.3, -0.25) is 9.69 Å². The summed E-state index contributed by atoms with van der Waals surface area (Å²) < 4.78 is 11.9. The van der Waals surface area contributed by atoms with E-state index in [9.17, 15) is 4.79 Å². The first-order valence-corrected chi connectivity index (χ1v) is 10.4. The molecule has 0 bridgehead atoms. The Labute approximate surface area is 175 Å². The predicted octanol–water partition coefficient (Wildman–Crippen LogP) is 2.72. The molecule has 3 rings (SSSR count). The first-order valence-electron chi connectivity index (χ1n) is 9.55. The molecule has 2 aromatic carbocycles. The van der Waals surface area contributed by atoms with E-state index in [0.717, 1.165) is 16.8 Å². The van der Waals surface area contributed by atoms with Gasteiger partial charge in [0.05, 0.1) is 57.2 Å². The lowest BCUT2D eigenvalue weighted by atomic mass is 10.1. The molecule has 0 aliphatic rings. The van der Waals surface area contributed by atoms with E-state index in [2.05, 4.69) is 40.1 Å². The third-order valence-electron chi connectivity index (χ3n) is 4.94. The number of nitrogens with zero attached hydrogens (tertiary/aromatic N) is 2. The number of rotatable bonds is 7. The Morgan fingerprint density at radius 1 is 1.14 bits per heavy atom. The number of ether oxygens (including phenoxy) is 2. The summed E-state index contributed by atoms with van der Waals surface area (Å²) in [6.07, 6.45) is 0. The Kier molecular flexibility index (Phi) is 6.39. The molecule has 1 N–H and O–H groups in total. The molecule has 0 atom stereocenters. The molecule has 154 valence electrons. The second kappa shape index (κ2) is 8.80. The second-order valence-electron chi connectivity index (χ2n) is 7.36. The van der Waals surface area contributed by atoms with Crippen molar-refractivity contribution in [2.45, 2.75) is 13.8 Å². The Hall–Kier alpha value is -2.64. The highest BCUT2D eigenvalue weighted by atomic mass is 32.1. The van der Waals surface area contributed by atoms with Gasteiger partial charge in [-0.1, -0.05) is 17.4 Å². The number of quaternary nitrogens is 1. The van der Waals surface area contributed by atoms with Crippen LogP contribution in [-0.2, 0) is 0 Å². The lowest BCUT2D eigenvalue weighted by Gasteiger charge is -2.22. The van der Waals surface area contributed by atoms with Crippen molar-refractivity contribution in [3.8, 4) is 11.5 Å². The van der Waals surface area contributed by atoms with Gasteiger partial charge in [-0.2, -0.15) is 0 Å². The zero-order chi connectivity index (χ0) is 21.1. The summed E-state index contributed by atoms with van der Waals surface area (Å²) in [6.45, 7) is 5.52. The number of carbonyl (C=O) groups is 1. The van der Waals surface area contributed by atoms with E-state index in [1.807, 2.05) is 0 Å². The van der Waals surface area contributed by atoms with E-state index >= 15 is 0 Å². The number of aromatic nitrogens is 1. The predicted molar refractivity (Wildman–Crippen MR) is 118 cm³/mol. The number of amides is 1. The van der Waals surface area contributed by atoms with Crippen molar-refractivity contribution in [2.24, 2.45) is 0 Å². The summed E-state index contributed by atoms with van der Waals surface area (Å²) in [5.74, 6) is 0.830. The highest BCUT2D eigenvalue weighted by molar-refractivity contribution is 7.22. The van der Waals surface area contributed by atoms with E-state index in [4.69, 9.17) is 14.5 Å².